The minimum atomic E-state index is -0.763. The van der Waals surface area contributed by atoms with Crippen LogP contribution in [0.1, 0.15) is 32.3 Å². The van der Waals surface area contributed by atoms with Gasteiger partial charge in [-0.3, -0.25) is 5.10 Å². The number of nitrogens with one attached hydrogen (secondary N) is 3. The minimum Gasteiger partial charge on any atom is -0.454 e. The summed E-state index contributed by atoms with van der Waals surface area (Å²) < 4.78 is 11.2. The number of hydrogen-bond acceptors (Lipinski definition) is 9. The van der Waals surface area contributed by atoms with Crippen LogP contribution in [0.4, 0.5) is 17.5 Å². The van der Waals surface area contributed by atoms with Crippen molar-refractivity contribution in [2.24, 2.45) is 0 Å². The molecule has 0 spiro atoms. The number of nitrogens with zero attached hydrogens (tertiary/aromatic N) is 4. The zero-order chi connectivity index (χ0) is 22.3. The molecule has 10 heteroatoms. The van der Waals surface area contributed by atoms with Gasteiger partial charge in [0.25, 0.3) is 0 Å². The monoisotopic (exact) mass is 429 g/mol. The molecule has 0 saturated carbocycles. The Kier molecular flexibility index (Phi) is 7.59. The van der Waals surface area contributed by atoms with Gasteiger partial charge in [0.1, 0.15) is 23.8 Å². The molecule has 0 atom stereocenters. The van der Waals surface area contributed by atoms with E-state index in [1.165, 1.54) is 6.08 Å². The van der Waals surface area contributed by atoms with Crippen LogP contribution in [0.5, 0.6) is 0 Å². The summed E-state index contributed by atoms with van der Waals surface area (Å²) in [6.07, 6.45) is 3.03. The van der Waals surface area contributed by atoms with Gasteiger partial charge in [-0.2, -0.15) is 5.10 Å². The van der Waals surface area contributed by atoms with Crippen LogP contribution in [0.25, 0.3) is 0 Å². The number of rotatable bonds is 9. The van der Waals surface area contributed by atoms with Crippen LogP contribution in [0.3, 0.4) is 0 Å². The lowest BCUT2D eigenvalue weighted by molar-refractivity contribution is -0.156. The van der Waals surface area contributed by atoms with E-state index >= 15 is 0 Å². The first-order chi connectivity index (χ1) is 14.8. The van der Waals surface area contributed by atoms with E-state index in [0.717, 1.165) is 37.7 Å². The number of piperazine rings is 1. The summed E-state index contributed by atoms with van der Waals surface area (Å²) in [5, 5.41) is 13.7. The third-order valence-electron chi connectivity index (χ3n) is 4.52. The Hall–Kier alpha value is -2.98. The molecule has 3 N–H and O–H groups in total. The summed E-state index contributed by atoms with van der Waals surface area (Å²) in [6.45, 7) is 11.3. The highest BCUT2D eigenvalue weighted by Gasteiger charge is 2.23. The van der Waals surface area contributed by atoms with Gasteiger partial charge in [-0.25, -0.2) is 14.8 Å². The number of ether oxygens (including phenoxy) is 2. The third-order valence-corrected chi connectivity index (χ3v) is 4.52. The zero-order valence-electron chi connectivity index (χ0n) is 18.6. The van der Waals surface area contributed by atoms with Crippen LogP contribution in [0.2, 0.25) is 0 Å². The van der Waals surface area contributed by atoms with Gasteiger partial charge >= 0.3 is 5.97 Å². The molecule has 3 rings (SSSR count). The van der Waals surface area contributed by atoms with Gasteiger partial charge in [0.05, 0.1) is 6.61 Å². The molecule has 0 radical (unpaired) electrons. The van der Waals surface area contributed by atoms with Crippen LogP contribution in [-0.4, -0.2) is 64.5 Å². The molecule has 2 aromatic heterocycles. The van der Waals surface area contributed by atoms with E-state index in [9.17, 15) is 4.79 Å². The van der Waals surface area contributed by atoms with E-state index in [4.69, 9.17) is 9.47 Å². The lowest BCUT2D eigenvalue weighted by Gasteiger charge is -2.29. The summed E-state index contributed by atoms with van der Waals surface area (Å²) in [7, 11) is 0. The second kappa shape index (κ2) is 10.4. The molecular weight excluding hydrogens is 398 g/mol. The molecule has 3 heterocycles. The predicted octanol–water partition coefficient (Wildman–Crippen LogP) is 2.08. The van der Waals surface area contributed by atoms with Gasteiger partial charge in [-0.05, 0) is 27.7 Å². The second-order valence-corrected chi connectivity index (χ2v) is 8.00. The molecule has 1 saturated heterocycles. The molecule has 0 amide bonds. The van der Waals surface area contributed by atoms with Crippen LogP contribution < -0.4 is 15.5 Å². The van der Waals surface area contributed by atoms with E-state index in [0.29, 0.717) is 17.5 Å². The number of esters is 1. The first-order valence-electron chi connectivity index (χ1n) is 10.4. The Labute approximate surface area is 182 Å². The van der Waals surface area contributed by atoms with Crippen molar-refractivity contribution >= 4 is 23.4 Å². The normalized spacial score (nSPS) is 14.8. The number of carbonyl (C=O) groups is 1. The van der Waals surface area contributed by atoms with Crippen molar-refractivity contribution in [3.8, 4) is 0 Å². The van der Waals surface area contributed by atoms with E-state index in [2.05, 4.69) is 35.7 Å². The molecule has 168 valence electrons. The van der Waals surface area contributed by atoms with E-state index in [1.807, 2.05) is 19.1 Å². The SMILES string of the molecule is C/C=C/C(=O)OC(C)(C)COCc1nc(Nc2cc(C)[nH]n2)cc(N2CCNCC2)n1. The Morgan fingerprint density at radius 2 is 2.03 bits per heavy atom. The molecule has 0 aliphatic carbocycles. The molecule has 1 fully saturated rings. The van der Waals surface area contributed by atoms with Gasteiger partial charge in [0.2, 0.25) is 0 Å². The largest absolute Gasteiger partial charge is 0.454 e. The number of hydrogen-bond donors (Lipinski definition) is 3. The maximum absolute atomic E-state index is 11.7. The smallest absolute Gasteiger partial charge is 0.331 e. The standard InChI is InChI=1S/C21H31N7O3/c1-5-6-20(29)31-21(3,4)14-30-13-18-24-16(23-17-11-15(2)26-27-17)12-19(25-18)28-9-7-22-8-10-28/h5-6,11-12,22H,7-10,13-14H2,1-4H3,(H2,23,24,25,26,27)/b6-5+. The number of aromatic nitrogens is 4. The van der Waals surface area contributed by atoms with Crippen molar-refractivity contribution in [1.82, 2.24) is 25.5 Å². The van der Waals surface area contributed by atoms with Gasteiger partial charge < -0.3 is 25.0 Å². The van der Waals surface area contributed by atoms with Gasteiger partial charge in [0, 0.05) is 50.1 Å². The summed E-state index contributed by atoms with van der Waals surface area (Å²) in [5.41, 5.74) is 0.192. The Balaban J connectivity index is 1.70. The van der Waals surface area contributed by atoms with Crippen molar-refractivity contribution in [3.63, 3.8) is 0 Å². The highest BCUT2D eigenvalue weighted by Crippen LogP contribution is 2.20. The highest BCUT2D eigenvalue weighted by atomic mass is 16.6. The maximum Gasteiger partial charge on any atom is 0.331 e. The van der Waals surface area contributed by atoms with E-state index in [1.54, 1.807) is 26.8 Å². The van der Waals surface area contributed by atoms with Crippen LogP contribution >= 0.6 is 0 Å². The second-order valence-electron chi connectivity index (χ2n) is 8.00. The van der Waals surface area contributed by atoms with Crippen molar-refractivity contribution in [3.05, 3.63) is 35.8 Å². The van der Waals surface area contributed by atoms with Crippen LogP contribution in [0, 0.1) is 6.92 Å². The summed E-state index contributed by atoms with van der Waals surface area (Å²) in [6, 6.07) is 3.83. The van der Waals surface area contributed by atoms with Crippen molar-refractivity contribution < 1.29 is 14.3 Å². The summed E-state index contributed by atoms with van der Waals surface area (Å²) >= 11 is 0. The number of carbonyl (C=O) groups excluding carboxylic acids is 1. The lowest BCUT2D eigenvalue weighted by atomic mass is 10.1. The van der Waals surface area contributed by atoms with Crippen molar-refractivity contribution in [1.29, 1.82) is 0 Å². The molecule has 0 aromatic carbocycles. The van der Waals surface area contributed by atoms with Crippen LogP contribution in [-0.2, 0) is 20.9 Å². The average Bonchev–Trinajstić information content (AvgIpc) is 3.12. The Morgan fingerprint density at radius 3 is 2.71 bits per heavy atom. The van der Waals surface area contributed by atoms with Gasteiger partial charge in [0.15, 0.2) is 11.6 Å². The Morgan fingerprint density at radius 1 is 1.26 bits per heavy atom. The zero-order valence-corrected chi connectivity index (χ0v) is 18.6. The van der Waals surface area contributed by atoms with Gasteiger partial charge in [-0.1, -0.05) is 6.08 Å². The van der Waals surface area contributed by atoms with Crippen molar-refractivity contribution in [2.45, 2.75) is 39.9 Å². The average molecular weight is 430 g/mol. The first-order valence-corrected chi connectivity index (χ1v) is 10.4. The lowest BCUT2D eigenvalue weighted by Crippen LogP contribution is -2.44. The molecule has 2 aromatic rings. The predicted molar refractivity (Wildman–Crippen MR) is 118 cm³/mol. The quantitative estimate of drug-likeness (QED) is 0.407. The molecule has 0 bridgehead atoms. The molecule has 10 nitrogen and oxygen atoms in total. The van der Waals surface area contributed by atoms with E-state index < -0.39 is 11.6 Å². The number of H-pyrrole nitrogens is 1. The molecular formula is C21H31N7O3. The fourth-order valence-electron chi connectivity index (χ4n) is 3.14. The molecule has 1 aliphatic rings. The fraction of sp³-hybridized carbons (Fsp3) is 0.524. The fourth-order valence-corrected chi connectivity index (χ4v) is 3.14. The maximum atomic E-state index is 11.7. The molecule has 0 unspecified atom stereocenters. The van der Waals surface area contributed by atoms with Crippen molar-refractivity contribution in [2.75, 3.05) is 43.0 Å². The number of anilines is 3. The van der Waals surface area contributed by atoms with E-state index in [-0.39, 0.29) is 13.2 Å². The highest BCUT2D eigenvalue weighted by molar-refractivity contribution is 5.82. The molecule has 31 heavy (non-hydrogen) atoms. The van der Waals surface area contributed by atoms with Crippen LogP contribution in [0.15, 0.2) is 24.3 Å². The summed E-state index contributed by atoms with van der Waals surface area (Å²) in [5.74, 6) is 2.32. The number of allylic oxidation sites excluding steroid dienone is 1. The Bertz CT molecular complexity index is 904. The third kappa shape index (κ3) is 7.04. The number of aryl methyl sites for hydroxylation is 1. The minimum absolute atomic E-state index is 0.193. The first kappa shape index (κ1) is 22.7. The molecule has 1 aliphatic heterocycles. The number of aromatic amines is 1. The summed E-state index contributed by atoms with van der Waals surface area (Å²) in [4.78, 5) is 23.2. The van der Waals surface area contributed by atoms with Gasteiger partial charge in [-0.15, -0.1) is 0 Å². The topological polar surface area (TPSA) is 117 Å².